The minimum Gasteiger partial charge on any atom is -0.481 e. The van der Waals surface area contributed by atoms with Crippen LogP contribution in [0.25, 0.3) is 0 Å². The molecule has 0 aromatic rings. The smallest absolute Gasteiger partial charge is 0.309 e. The predicted octanol–water partition coefficient (Wildman–Crippen LogP) is 8.13. The van der Waals surface area contributed by atoms with Gasteiger partial charge in [-0.2, -0.15) is 0 Å². The number of carbonyl (C=O) groups excluding carboxylic acids is 3. The Hall–Kier alpha value is -2.73. The first-order valence-corrected chi connectivity index (χ1v) is 22.3. The number of rotatable bonds is 7. The lowest BCUT2D eigenvalue weighted by molar-refractivity contribution is -0.197. The van der Waals surface area contributed by atoms with E-state index in [1.54, 1.807) is 0 Å². The van der Waals surface area contributed by atoms with Crippen LogP contribution in [0.1, 0.15) is 131 Å². The molecule has 1 amide bonds. The van der Waals surface area contributed by atoms with Gasteiger partial charge < -0.3 is 19.6 Å². The number of ether oxygens (including phenoxy) is 1. The Kier molecular flexibility index (Phi) is 11.4. The third kappa shape index (κ3) is 6.49. The highest BCUT2D eigenvalue weighted by Gasteiger charge is 2.67. The van der Waals surface area contributed by atoms with Gasteiger partial charge in [-0.1, -0.05) is 41.5 Å². The Balaban J connectivity index is 0.00000237. The van der Waals surface area contributed by atoms with E-state index in [4.69, 9.17) is 4.74 Å². The standard InChI is InChI=1S/C45H67FN2O6.C2H2/c1-25(2)38-35(49)23-45(42(53)48-19-7-8-29(48)24-47-20-14-28(46)15-21-47)18-12-34-30(39(38)45)9-10-37-43(5)17-13-36(27(4)33(43)11-16-44(34,37)6)54-41(52)32-22-31(26(32)3)40(50)51;1-2/h25-34,36-37H,7-24H2,1-6H3,(H,50,51);1-2H. The van der Waals surface area contributed by atoms with Crippen LogP contribution in [0.3, 0.4) is 0 Å². The molecule has 2 heterocycles. The maximum atomic E-state index is 15.2. The number of hydrogen-bond acceptors (Lipinski definition) is 6. The van der Waals surface area contributed by atoms with Gasteiger partial charge in [0.25, 0.3) is 0 Å². The number of carbonyl (C=O) groups is 4. The van der Waals surface area contributed by atoms with Crippen molar-refractivity contribution in [3.63, 3.8) is 0 Å². The Morgan fingerprint density at radius 3 is 2.20 bits per heavy atom. The highest BCUT2D eigenvalue weighted by Crippen LogP contribution is 2.72. The second kappa shape index (κ2) is 15.5. The van der Waals surface area contributed by atoms with Gasteiger partial charge in [0.1, 0.15) is 12.3 Å². The summed E-state index contributed by atoms with van der Waals surface area (Å²) in [6.07, 6.45) is 19.0. The number of piperidine rings is 1. The number of fused-ring (bicyclic) bond motifs is 7. The van der Waals surface area contributed by atoms with E-state index in [1.165, 1.54) is 5.57 Å². The summed E-state index contributed by atoms with van der Waals surface area (Å²) in [6.45, 7) is 16.6. The van der Waals surface area contributed by atoms with Crippen molar-refractivity contribution >= 4 is 23.6 Å². The van der Waals surface area contributed by atoms with Crippen molar-refractivity contribution in [2.75, 3.05) is 26.2 Å². The first-order chi connectivity index (χ1) is 26.6. The minimum absolute atomic E-state index is 0.0906. The summed E-state index contributed by atoms with van der Waals surface area (Å²) >= 11 is 0. The summed E-state index contributed by atoms with van der Waals surface area (Å²) in [5.74, 6) is 0.465. The van der Waals surface area contributed by atoms with E-state index in [9.17, 15) is 23.9 Å². The number of aliphatic carboxylic acids is 1. The molecule has 2 saturated heterocycles. The lowest BCUT2D eigenvalue weighted by atomic mass is 9.38. The molecule has 310 valence electrons. The summed E-state index contributed by atoms with van der Waals surface area (Å²) < 4.78 is 20.2. The predicted molar refractivity (Wildman–Crippen MR) is 214 cm³/mol. The maximum absolute atomic E-state index is 15.2. The first kappa shape index (κ1) is 41.4. The molecule has 0 bridgehead atoms. The second-order valence-electron chi connectivity index (χ2n) is 20.5. The normalized spacial score (nSPS) is 43.8. The number of hydrogen-bond donors (Lipinski definition) is 1. The number of carboxylic acid groups (broad SMARTS) is 1. The molecular formula is C47H69FN2O6. The molecule has 8 aliphatic rings. The van der Waals surface area contributed by atoms with Crippen LogP contribution in [0.4, 0.5) is 4.39 Å². The Bertz CT molecular complexity index is 1620. The van der Waals surface area contributed by atoms with Gasteiger partial charge in [-0.25, -0.2) is 4.39 Å². The number of terminal acetylenes is 1. The molecular weight excluding hydrogens is 708 g/mol. The van der Waals surface area contributed by atoms with Crippen molar-refractivity contribution in [1.82, 2.24) is 9.80 Å². The van der Waals surface area contributed by atoms with Crippen molar-refractivity contribution < 1.29 is 33.4 Å². The third-order valence-electron chi connectivity index (χ3n) is 17.8. The third-order valence-corrected chi connectivity index (χ3v) is 17.8. The van der Waals surface area contributed by atoms with Crippen LogP contribution in [0, 0.1) is 82.4 Å². The molecule has 13 atom stereocenters. The highest BCUT2D eigenvalue weighted by molar-refractivity contribution is 6.07. The fraction of sp³-hybridized carbons (Fsp3) is 0.830. The van der Waals surface area contributed by atoms with E-state index in [1.807, 2.05) is 6.92 Å². The molecule has 2 aliphatic heterocycles. The van der Waals surface area contributed by atoms with E-state index >= 15 is 4.79 Å². The molecule has 8 nitrogen and oxygen atoms in total. The molecule has 0 spiro atoms. The molecule has 0 aromatic carbocycles. The molecule has 56 heavy (non-hydrogen) atoms. The first-order valence-electron chi connectivity index (χ1n) is 22.3. The fourth-order valence-corrected chi connectivity index (χ4v) is 14.9. The van der Waals surface area contributed by atoms with Crippen LogP contribution >= 0.6 is 0 Å². The van der Waals surface area contributed by atoms with Crippen LogP contribution in [-0.2, 0) is 23.9 Å². The summed E-state index contributed by atoms with van der Waals surface area (Å²) in [5, 5.41) is 9.46. The maximum Gasteiger partial charge on any atom is 0.309 e. The average molecular weight is 777 g/mol. The van der Waals surface area contributed by atoms with Crippen molar-refractivity contribution in [2.24, 2.45) is 69.5 Å². The quantitative estimate of drug-likeness (QED) is 0.206. The lowest BCUT2D eigenvalue weighted by Crippen LogP contribution is -2.61. The van der Waals surface area contributed by atoms with Gasteiger partial charge in [0.15, 0.2) is 5.78 Å². The molecule has 6 aliphatic carbocycles. The summed E-state index contributed by atoms with van der Waals surface area (Å²) in [4.78, 5) is 58.6. The van der Waals surface area contributed by atoms with Crippen LogP contribution in [0.5, 0.6) is 0 Å². The minimum atomic E-state index is -0.817. The number of esters is 1. The topological polar surface area (TPSA) is 104 Å². The Morgan fingerprint density at radius 2 is 1.54 bits per heavy atom. The molecule has 0 aromatic heterocycles. The summed E-state index contributed by atoms with van der Waals surface area (Å²) in [6, 6.07) is 0.138. The number of alkyl halides is 1. The van der Waals surface area contributed by atoms with E-state index < -0.39 is 23.5 Å². The van der Waals surface area contributed by atoms with Crippen molar-refractivity contribution in [2.45, 2.75) is 150 Å². The van der Waals surface area contributed by atoms with E-state index in [0.29, 0.717) is 43.4 Å². The summed E-state index contributed by atoms with van der Waals surface area (Å²) in [7, 11) is 0. The van der Waals surface area contributed by atoms with Crippen LogP contribution < -0.4 is 0 Å². The molecule has 0 radical (unpaired) electrons. The average Bonchev–Trinajstić information content (AvgIpc) is 3.75. The van der Waals surface area contributed by atoms with E-state index in [2.05, 4.69) is 57.3 Å². The number of Topliss-reactive ketones (excluding diaryl/α,β-unsaturated/α-hetero) is 1. The monoisotopic (exact) mass is 777 g/mol. The van der Waals surface area contributed by atoms with Crippen molar-refractivity contribution in [3.8, 4) is 12.8 Å². The fourth-order valence-electron chi connectivity index (χ4n) is 14.9. The molecule has 5 saturated carbocycles. The zero-order chi connectivity index (χ0) is 40.5. The number of likely N-dealkylation sites (tertiary alicyclic amines) is 2. The number of nitrogens with zero attached hydrogens (tertiary/aromatic N) is 2. The highest BCUT2D eigenvalue weighted by atomic mass is 19.1. The molecule has 13 unspecified atom stereocenters. The zero-order valence-corrected chi connectivity index (χ0v) is 35.1. The van der Waals surface area contributed by atoms with Gasteiger partial charge in [-0.05, 0) is 147 Å². The number of halogens is 1. The summed E-state index contributed by atoms with van der Waals surface area (Å²) in [5.41, 5.74) is 1.73. The van der Waals surface area contributed by atoms with Crippen LogP contribution in [0.2, 0.25) is 0 Å². The number of amides is 1. The van der Waals surface area contributed by atoms with Gasteiger partial charge in [-0.3, -0.25) is 19.2 Å². The van der Waals surface area contributed by atoms with Gasteiger partial charge in [0.05, 0.1) is 17.3 Å². The van der Waals surface area contributed by atoms with Crippen LogP contribution in [0.15, 0.2) is 11.1 Å². The van der Waals surface area contributed by atoms with E-state index in [-0.39, 0.29) is 70.2 Å². The largest absolute Gasteiger partial charge is 0.481 e. The van der Waals surface area contributed by atoms with Crippen LogP contribution in [-0.4, -0.2) is 83.0 Å². The number of carboxylic acids is 1. The van der Waals surface area contributed by atoms with Gasteiger partial charge >= 0.3 is 11.9 Å². The second-order valence-corrected chi connectivity index (χ2v) is 20.5. The number of ketones is 1. The van der Waals surface area contributed by atoms with Crippen molar-refractivity contribution in [1.29, 1.82) is 0 Å². The van der Waals surface area contributed by atoms with Gasteiger partial charge in [0, 0.05) is 38.6 Å². The Labute approximate surface area is 335 Å². The van der Waals surface area contributed by atoms with E-state index in [0.717, 1.165) is 96.0 Å². The van der Waals surface area contributed by atoms with Gasteiger partial charge in [-0.15, -0.1) is 12.8 Å². The molecule has 1 N–H and O–H groups in total. The SMILES string of the molecule is C#C.CC(C)C1=C2C3CCC4C(C)(CCC5C(C)C(OC(=O)C6CC(C(=O)O)C6C)CCC54C)C3CCC2(C(=O)N2CCCC2CN2CCC(F)CC2)CC1=O. The lowest BCUT2D eigenvalue weighted by Gasteiger charge is -2.67. The molecule has 8 rings (SSSR count). The molecule has 7 fully saturated rings. The molecule has 9 heteroatoms. The van der Waals surface area contributed by atoms with Crippen molar-refractivity contribution in [3.05, 3.63) is 11.1 Å². The van der Waals surface area contributed by atoms with Gasteiger partial charge in [0.2, 0.25) is 5.91 Å². The number of allylic oxidation sites excluding steroid dienone is 1. The zero-order valence-electron chi connectivity index (χ0n) is 35.1. The Morgan fingerprint density at radius 1 is 0.875 bits per heavy atom.